The molecule has 0 fully saturated rings. The van der Waals surface area contributed by atoms with E-state index in [0.29, 0.717) is 5.56 Å². The Bertz CT molecular complexity index is 634. The number of aliphatic imine (C=N–C) groups is 1. The number of hydrogen-bond donors (Lipinski definition) is 0. The summed E-state index contributed by atoms with van der Waals surface area (Å²) >= 11 is 0. The second-order valence-corrected chi connectivity index (χ2v) is 4.18. The van der Waals surface area contributed by atoms with Crippen LogP contribution in [-0.4, -0.2) is 5.71 Å². The summed E-state index contributed by atoms with van der Waals surface area (Å²) in [7, 11) is 0. The summed E-state index contributed by atoms with van der Waals surface area (Å²) in [5.41, 5.74) is 4.68. The molecular formula is C16H14N2. The lowest BCUT2D eigenvalue weighted by molar-refractivity contribution is 1.38. The molecule has 2 aromatic carbocycles. The maximum absolute atomic E-state index is 8.89. The molecule has 0 radical (unpaired) electrons. The maximum Gasteiger partial charge on any atom is 0.0991 e. The second-order valence-electron chi connectivity index (χ2n) is 4.18. The molecule has 0 spiro atoms. The Morgan fingerprint density at radius 3 is 2.61 bits per heavy atom. The first-order valence-corrected chi connectivity index (χ1v) is 5.82. The van der Waals surface area contributed by atoms with Crippen molar-refractivity contribution in [3.8, 4) is 6.07 Å². The van der Waals surface area contributed by atoms with Gasteiger partial charge in [-0.2, -0.15) is 5.26 Å². The number of benzene rings is 2. The fourth-order valence-corrected chi connectivity index (χ4v) is 1.75. The number of aryl methyl sites for hydroxylation is 1. The van der Waals surface area contributed by atoms with Crippen LogP contribution in [0.4, 0.5) is 5.69 Å². The van der Waals surface area contributed by atoms with Gasteiger partial charge in [-0.3, -0.25) is 4.99 Å². The lowest BCUT2D eigenvalue weighted by Crippen LogP contribution is -1.94. The van der Waals surface area contributed by atoms with Crippen LogP contribution in [0.3, 0.4) is 0 Å². The highest BCUT2D eigenvalue weighted by molar-refractivity contribution is 6.00. The van der Waals surface area contributed by atoms with Crippen molar-refractivity contribution in [2.24, 2.45) is 4.99 Å². The first-order valence-electron chi connectivity index (χ1n) is 5.82. The van der Waals surface area contributed by atoms with Crippen molar-refractivity contribution in [2.45, 2.75) is 13.8 Å². The SMILES string of the molecule is C/C(=N/c1ccccc1C)c1cccc(C#N)c1. The Hall–Kier alpha value is -2.40. The van der Waals surface area contributed by atoms with E-state index in [9.17, 15) is 0 Å². The zero-order valence-electron chi connectivity index (χ0n) is 10.5. The van der Waals surface area contributed by atoms with Crippen LogP contribution in [0.1, 0.15) is 23.6 Å². The lowest BCUT2D eigenvalue weighted by atomic mass is 10.1. The van der Waals surface area contributed by atoms with E-state index in [1.165, 1.54) is 0 Å². The Morgan fingerprint density at radius 1 is 1.11 bits per heavy atom. The summed E-state index contributed by atoms with van der Waals surface area (Å²) in [4.78, 5) is 4.61. The quantitative estimate of drug-likeness (QED) is 0.723. The van der Waals surface area contributed by atoms with Gasteiger partial charge in [0.2, 0.25) is 0 Å². The van der Waals surface area contributed by atoms with Gasteiger partial charge in [0, 0.05) is 5.71 Å². The lowest BCUT2D eigenvalue weighted by Gasteiger charge is -2.03. The van der Waals surface area contributed by atoms with Gasteiger partial charge in [-0.15, -0.1) is 0 Å². The molecular weight excluding hydrogens is 220 g/mol. The van der Waals surface area contributed by atoms with Gasteiger partial charge in [0.05, 0.1) is 17.3 Å². The standard InChI is InChI=1S/C16H14N2/c1-12-6-3-4-9-16(12)18-13(2)15-8-5-7-14(10-15)11-17/h3-10H,1-2H3/b18-13-. The van der Waals surface area contributed by atoms with E-state index in [1.54, 1.807) is 6.07 Å². The van der Waals surface area contributed by atoms with Crippen molar-refractivity contribution >= 4 is 11.4 Å². The van der Waals surface area contributed by atoms with Crippen molar-refractivity contribution in [3.05, 3.63) is 65.2 Å². The highest BCUT2D eigenvalue weighted by Crippen LogP contribution is 2.19. The van der Waals surface area contributed by atoms with Crippen LogP contribution in [0.2, 0.25) is 0 Å². The number of nitriles is 1. The molecule has 2 aromatic rings. The Morgan fingerprint density at radius 2 is 1.89 bits per heavy atom. The molecule has 0 atom stereocenters. The normalized spacial score (nSPS) is 11.1. The molecule has 2 rings (SSSR count). The molecule has 2 heteroatoms. The van der Waals surface area contributed by atoms with E-state index in [-0.39, 0.29) is 0 Å². The van der Waals surface area contributed by atoms with Crippen LogP contribution in [0.25, 0.3) is 0 Å². The molecule has 0 aliphatic heterocycles. The molecule has 2 nitrogen and oxygen atoms in total. The number of hydrogen-bond acceptors (Lipinski definition) is 2. The van der Waals surface area contributed by atoms with Crippen LogP contribution in [0, 0.1) is 18.3 Å². The molecule has 0 aliphatic carbocycles. The first-order chi connectivity index (χ1) is 8.70. The maximum atomic E-state index is 8.89. The average Bonchev–Trinajstić information content (AvgIpc) is 2.41. The summed E-state index contributed by atoms with van der Waals surface area (Å²) in [5, 5.41) is 8.89. The third-order valence-corrected chi connectivity index (χ3v) is 2.81. The third-order valence-electron chi connectivity index (χ3n) is 2.81. The van der Waals surface area contributed by atoms with Crippen LogP contribution in [-0.2, 0) is 0 Å². The fourth-order valence-electron chi connectivity index (χ4n) is 1.75. The molecule has 0 bridgehead atoms. The predicted molar refractivity (Wildman–Crippen MR) is 74.2 cm³/mol. The summed E-state index contributed by atoms with van der Waals surface area (Å²) in [6.45, 7) is 4.00. The average molecular weight is 234 g/mol. The summed E-state index contributed by atoms with van der Waals surface area (Å²) < 4.78 is 0. The molecule has 0 heterocycles. The Labute approximate surface area is 107 Å². The van der Waals surface area contributed by atoms with Crippen molar-refractivity contribution in [1.82, 2.24) is 0 Å². The van der Waals surface area contributed by atoms with Gasteiger partial charge in [-0.1, -0.05) is 30.3 Å². The number of rotatable bonds is 2. The second kappa shape index (κ2) is 5.29. The zero-order chi connectivity index (χ0) is 13.0. The van der Waals surface area contributed by atoms with Crippen molar-refractivity contribution in [2.75, 3.05) is 0 Å². The van der Waals surface area contributed by atoms with Crippen LogP contribution in [0.15, 0.2) is 53.5 Å². The van der Waals surface area contributed by atoms with Gasteiger partial charge in [0.1, 0.15) is 0 Å². The van der Waals surface area contributed by atoms with Gasteiger partial charge in [0.25, 0.3) is 0 Å². The van der Waals surface area contributed by atoms with Gasteiger partial charge >= 0.3 is 0 Å². The van der Waals surface area contributed by atoms with Crippen molar-refractivity contribution < 1.29 is 0 Å². The molecule has 0 saturated heterocycles. The Kier molecular flexibility index (Phi) is 3.54. The van der Waals surface area contributed by atoms with Gasteiger partial charge < -0.3 is 0 Å². The molecule has 0 unspecified atom stereocenters. The largest absolute Gasteiger partial charge is 0.253 e. The van der Waals surface area contributed by atoms with Crippen LogP contribution < -0.4 is 0 Å². The topological polar surface area (TPSA) is 36.1 Å². The van der Waals surface area contributed by atoms with E-state index in [2.05, 4.69) is 11.1 Å². The van der Waals surface area contributed by atoms with E-state index in [0.717, 1.165) is 22.5 Å². The molecule has 0 aliphatic rings. The molecule has 18 heavy (non-hydrogen) atoms. The first kappa shape index (κ1) is 12.1. The van der Waals surface area contributed by atoms with E-state index >= 15 is 0 Å². The molecule has 0 saturated carbocycles. The van der Waals surface area contributed by atoms with Gasteiger partial charge in [0.15, 0.2) is 0 Å². The van der Waals surface area contributed by atoms with E-state index in [1.807, 2.05) is 56.3 Å². The van der Waals surface area contributed by atoms with Crippen molar-refractivity contribution in [1.29, 1.82) is 5.26 Å². The molecule has 88 valence electrons. The van der Waals surface area contributed by atoms with Gasteiger partial charge in [-0.25, -0.2) is 0 Å². The summed E-state index contributed by atoms with van der Waals surface area (Å²) in [6, 6.07) is 17.7. The minimum atomic E-state index is 0.659. The summed E-state index contributed by atoms with van der Waals surface area (Å²) in [6.07, 6.45) is 0. The predicted octanol–water partition coefficient (Wildman–Crippen LogP) is 4.01. The zero-order valence-corrected chi connectivity index (χ0v) is 10.5. The molecule has 0 N–H and O–H groups in total. The molecule has 0 amide bonds. The minimum absolute atomic E-state index is 0.659. The minimum Gasteiger partial charge on any atom is -0.253 e. The number of nitrogens with zero attached hydrogens (tertiary/aromatic N) is 2. The highest BCUT2D eigenvalue weighted by atomic mass is 14.7. The van der Waals surface area contributed by atoms with Crippen LogP contribution >= 0.6 is 0 Å². The van der Waals surface area contributed by atoms with Crippen LogP contribution in [0.5, 0.6) is 0 Å². The number of para-hydroxylation sites is 1. The third kappa shape index (κ3) is 2.64. The smallest absolute Gasteiger partial charge is 0.0991 e. The van der Waals surface area contributed by atoms with Gasteiger partial charge in [-0.05, 0) is 43.2 Å². The Balaban J connectivity index is 2.39. The fraction of sp³-hybridized carbons (Fsp3) is 0.125. The van der Waals surface area contributed by atoms with Crippen molar-refractivity contribution in [3.63, 3.8) is 0 Å². The molecule has 0 aromatic heterocycles. The highest BCUT2D eigenvalue weighted by Gasteiger charge is 2.00. The van der Waals surface area contributed by atoms with E-state index < -0.39 is 0 Å². The monoisotopic (exact) mass is 234 g/mol. The summed E-state index contributed by atoms with van der Waals surface area (Å²) in [5.74, 6) is 0. The van der Waals surface area contributed by atoms with E-state index in [4.69, 9.17) is 5.26 Å².